The van der Waals surface area contributed by atoms with Gasteiger partial charge in [-0.1, -0.05) is 36.4 Å². The highest BCUT2D eigenvalue weighted by Crippen LogP contribution is 2.35. The molecule has 8 nitrogen and oxygen atoms in total. The lowest BCUT2D eigenvalue weighted by molar-refractivity contribution is -0.145. The lowest BCUT2D eigenvalue weighted by atomic mass is 9.83. The zero-order valence-corrected chi connectivity index (χ0v) is 23.4. The van der Waals surface area contributed by atoms with Crippen LogP contribution in [0.5, 0.6) is 11.5 Å². The molecule has 0 bridgehead atoms. The van der Waals surface area contributed by atoms with Crippen molar-refractivity contribution in [3.63, 3.8) is 0 Å². The number of sulfonamides is 1. The Morgan fingerprint density at radius 1 is 1.05 bits per heavy atom. The molecule has 9 heteroatoms. The molecule has 1 aliphatic carbocycles. The molecule has 2 N–H and O–H groups in total. The number of rotatable bonds is 10. The van der Waals surface area contributed by atoms with Crippen LogP contribution < -0.4 is 14.2 Å². The first kappa shape index (κ1) is 28.1. The number of nitrogens with zero attached hydrogens (tertiary/aromatic N) is 1. The molecule has 41 heavy (non-hydrogen) atoms. The highest BCUT2D eigenvalue weighted by Gasteiger charge is 2.26. The minimum Gasteiger partial charge on any atom is -0.497 e. The van der Waals surface area contributed by atoms with Crippen LogP contribution in [0.4, 0.5) is 0 Å². The monoisotopic (exact) mass is 570 g/mol. The van der Waals surface area contributed by atoms with Crippen LogP contribution in [0, 0.1) is 11.3 Å². The summed E-state index contributed by atoms with van der Waals surface area (Å²) in [5.74, 6) is -0.347. The number of ether oxygens (including phenoxy) is 2. The Hall–Kier alpha value is -4.39. The topological polar surface area (TPSA) is 126 Å². The second-order valence-electron chi connectivity index (χ2n) is 10.2. The SMILES string of the molecule is COc1cccc(CS(=O)(=O)NCC2CCCc3ccc(OC(C(=O)O)c4ccc5cc(C#N)ccc5c4)cc32)c1. The zero-order chi connectivity index (χ0) is 29.0. The van der Waals surface area contributed by atoms with Gasteiger partial charge < -0.3 is 14.6 Å². The lowest BCUT2D eigenvalue weighted by Gasteiger charge is -2.27. The van der Waals surface area contributed by atoms with Crippen molar-refractivity contribution in [1.82, 2.24) is 4.72 Å². The maximum atomic E-state index is 12.9. The first-order valence-electron chi connectivity index (χ1n) is 13.3. The van der Waals surface area contributed by atoms with Gasteiger partial charge in [-0.2, -0.15) is 5.26 Å². The highest BCUT2D eigenvalue weighted by atomic mass is 32.2. The summed E-state index contributed by atoms with van der Waals surface area (Å²) in [7, 11) is -2.05. The second-order valence-corrected chi connectivity index (χ2v) is 12.0. The molecule has 4 aromatic carbocycles. The van der Waals surface area contributed by atoms with Gasteiger partial charge in [0, 0.05) is 12.1 Å². The molecular formula is C32H30N2O6S. The number of aliphatic carboxylic acids is 1. The van der Waals surface area contributed by atoms with Gasteiger partial charge in [0.05, 0.1) is 24.5 Å². The molecule has 2 atom stereocenters. The third-order valence-corrected chi connectivity index (χ3v) is 8.69. The minimum absolute atomic E-state index is 0.0688. The Kier molecular flexibility index (Phi) is 8.24. The largest absolute Gasteiger partial charge is 0.497 e. The van der Waals surface area contributed by atoms with Crippen molar-refractivity contribution in [3.8, 4) is 17.6 Å². The smallest absolute Gasteiger partial charge is 0.349 e. The van der Waals surface area contributed by atoms with Crippen LogP contribution in [0.1, 0.15) is 52.7 Å². The number of nitrogens with one attached hydrogen (secondary N) is 1. The van der Waals surface area contributed by atoms with E-state index in [2.05, 4.69) is 10.8 Å². The summed E-state index contributed by atoms with van der Waals surface area (Å²) in [5.41, 5.74) is 3.71. The van der Waals surface area contributed by atoms with E-state index in [4.69, 9.17) is 14.7 Å². The van der Waals surface area contributed by atoms with Crippen molar-refractivity contribution >= 4 is 26.8 Å². The second kappa shape index (κ2) is 12.0. The maximum absolute atomic E-state index is 12.9. The fourth-order valence-corrected chi connectivity index (χ4v) is 6.49. The summed E-state index contributed by atoms with van der Waals surface area (Å²) in [6.45, 7) is 0.237. The number of carboxylic acids is 1. The van der Waals surface area contributed by atoms with E-state index in [1.54, 1.807) is 66.7 Å². The molecule has 2 unspecified atom stereocenters. The van der Waals surface area contributed by atoms with Crippen LogP contribution in [0.15, 0.2) is 78.9 Å². The Morgan fingerprint density at radius 2 is 1.85 bits per heavy atom. The van der Waals surface area contributed by atoms with Gasteiger partial charge in [0.2, 0.25) is 16.1 Å². The highest BCUT2D eigenvalue weighted by molar-refractivity contribution is 7.88. The van der Waals surface area contributed by atoms with Crippen molar-refractivity contribution in [2.45, 2.75) is 37.0 Å². The van der Waals surface area contributed by atoms with E-state index in [9.17, 15) is 18.3 Å². The number of carboxylic acid groups (broad SMARTS) is 1. The summed E-state index contributed by atoms with van der Waals surface area (Å²) in [6, 6.07) is 25.1. The molecule has 0 aliphatic heterocycles. The van der Waals surface area contributed by atoms with Gasteiger partial charge in [0.15, 0.2) is 0 Å². The number of aryl methyl sites for hydroxylation is 1. The van der Waals surface area contributed by atoms with Gasteiger partial charge in [0.1, 0.15) is 11.5 Å². The number of nitriles is 1. The Bertz CT molecular complexity index is 1750. The molecule has 0 spiro atoms. The number of fused-ring (bicyclic) bond motifs is 2. The van der Waals surface area contributed by atoms with Gasteiger partial charge in [-0.25, -0.2) is 17.9 Å². The fraction of sp³-hybridized carbons (Fsp3) is 0.250. The molecule has 0 amide bonds. The number of benzene rings is 4. The number of methoxy groups -OCH3 is 1. The minimum atomic E-state index is -3.59. The molecular weight excluding hydrogens is 540 g/mol. The maximum Gasteiger partial charge on any atom is 0.349 e. The summed E-state index contributed by atoms with van der Waals surface area (Å²) in [4.78, 5) is 12.2. The van der Waals surface area contributed by atoms with Gasteiger partial charge in [0.25, 0.3) is 0 Å². The number of carbonyl (C=O) groups is 1. The Morgan fingerprint density at radius 3 is 2.63 bits per heavy atom. The van der Waals surface area contributed by atoms with E-state index in [-0.39, 0.29) is 18.2 Å². The van der Waals surface area contributed by atoms with Crippen LogP contribution in [0.2, 0.25) is 0 Å². The van der Waals surface area contributed by atoms with Crippen molar-refractivity contribution in [2.24, 2.45) is 0 Å². The molecule has 210 valence electrons. The first-order chi connectivity index (χ1) is 19.7. The first-order valence-corrected chi connectivity index (χ1v) is 15.0. The van der Waals surface area contributed by atoms with E-state index in [1.165, 1.54) is 7.11 Å². The molecule has 1 aliphatic rings. The van der Waals surface area contributed by atoms with Crippen LogP contribution >= 0.6 is 0 Å². The third-order valence-electron chi connectivity index (χ3n) is 7.37. The quantitative estimate of drug-likeness (QED) is 0.259. The average molecular weight is 571 g/mol. The number of hydrogen-bond donors (Lipinski definition) is 2. The van der Waals surface area contributed by atoms with Gasteiger partial charge >= 0.3 is 5.97 Å². The van der Waals surface area contributed by atoms with Gasteiger partial charge in [-0.3, -0.25) is 0 Å². The molecule has 0 saturated heterocycles. The summed E-state index contributed by atoms with van der Waals surface area (Å²) >= 11 is 0. The molecule has 0 radical (unpaired) electrons. The van der Waals surface area contributed by atoms with Crippen molar-refractivity contribution in [2.75, 3.05) is 13.7 Å². The van der Waals surface area contributed by atoms with E-state index in [0.717, 1.165) is 41.2 Å². The standard InChI is InChI=1S/C32H30N2O6S/c1-39-28-7-2-4-22(15-28)20-41(37,38)34-19-27-6-3-5-23-12-13-29(17-30(23)27)40-31(32(35)36)26-11-10-24-14-21(18-33)8-9-25(24)16-26/h2,4,7-17,27,31,34H,3,5-6,19-20H2,1H3,(H,35,36). The predicted molar refractivity (Wildman–Crippen MR) is 155 cm³/mol. The van der Waals surface area contributed by atoms with E-state index >= 15 is 0 Å². The van der Waals surface area contributed by atoms with Gasteiger partial charge in [-0.15, -0.1) is 0 Å². The summed E-state index contributed by atoms with van der Waals surface area (Å²) in [6.07, 6.45) is 1.35. The molecule has 0 aromatic heterocycles. The average Bonchev–Trinajstić information content (AvgIpc) is 2.98. The van der Waals surface area contributed by atoms with Crippen LogP contribution in [-0.2, 0) is 27.0 Å². The van der Waals surface area contributed by atoms with Gasteiger partial charge in [-0.05, 0) is 95.1 Å². The molecule has 4 aromatic rings. The van der Waals surface area contributed by atoms with Crippen molar-refractivity contribution in [1.29, 1.82) is 5.26 Å². The van der Waals surface area contributed by atoms with E-state index in [1.807, 2.05) is 12.1 Å². The van der Waals surface area contributed by atoms with E-state index < -0.39 is 22.1 Å². The Balaban J connectivity index is 1.33. The number of hydrogen-bond acceptors (Lipinski definition) is 6. The summed E-state index contributed by atoms with van der Waals surface area (Å²) in [5, 5.41) is 20.8. The molecule has 0 fully saturated rings. The zero-order valence-electron chi connectivity index (χ0n) is 22.5. The van der Waals surface area contributed by atoms with Crippen LogP contribution in [0.3, 0.4) is 0 Å². The molecule has 5 rings (SSSR count). The molecule has 0 heterocycles. The summed E-state index contributed by atoms with van der Waals surface area (Å²) < 4.78 is 39.7. The molecule has 0 saturated carbocycles. The third kappa shape index (κ3) is 6.68. The normalized spacial score (nSPS) is 15.5. The van der Waals surface area contributed by atoms with Crippen molar-refractivity contribution < 1.29 is 27.8 Å². The fourth-order valence-electron chi connectivity index (χ4n) is 5.31. The van der Waals surface area contributed by atoms with Crippen LogP contribution in [0.25, 0.3) is 10.8 Å². The predicted octanol–water partition coefficient (Wildman–Crippen LogP) is 5.46. The van der Waals surface area contributed by atoms with Crippen molar-refractivity contribution in [3.05, 3.63) is 107 Å². The lowest BCUT2D eigenvalue weighted by Crippen LogP contribution is -2.31. The van der Waals surface area contributed by atoms with E-state index in [0.29, 0.717) is 28.2 Å². The van der Waals surface area contributed by atoms with Crippen LogP contribution in [-0.4, -0.2) is 33.1 Å². The Labute approximate surface area is 239 Å².